The third-order valence-corrected chi connectivity index (χ3v) is 4.69. The molecule has 4 N–H and O–H groups in total. The number of benzene rings is 2. The third-order valence-electron chi connectivity index (χ3n) is 2.87. The summed E-state index contributed by atoms with van der Waals surface area (Å²) in [6.45, 7) is 0. The van der Waals surface area contributed by atoms with Crippen LogP contribution in [-0.2, 0) is 0 Å². The molecule has 0 heterocycles. The zero-order chi connectivity index (χ0) is 17.1. The smallest absolute Gasteiger partial charge is 0.258 e. The van der Waals surface area contributed by atoms with E-state index in [0.717, 1.165) is 0 Å². The van der Waals surface area contributed by atoms with E-state index in [0.29, 0.717) is 17.7 Å². The van der Waals surface area contributed by atoms with E-state index in [1.165, 1.54) is 18.2 Å². The second-order valence-electron chi connectivity index (χ2n) is 4.43. The fourth-order valence-electron chi connectivity index (χ4n) is 1.71. The summed E-state index contributed by atoms with van der Waals surface area (Å²) in [5.41, 5.74) is 11.4. The van der Waals surface area contributed by atoms with Crippen molar-refractivity contribution in [2.75, 3.05) is 0 Å². The van der Waals surface area contributed by atoms with E-state index in [4.69, 9.17) is 11.5 Å². The van der Waals surface area contributed by atoms with Crippen LogP contribution in [0.5, 0.6) is 0 Å². The van der Waals surface area contributed by atoms with E-state index in [-0.39, 0.29) is 16.8 Å². The Morgan fingerprint density at radius 2 is 1.48 bits per heavy atom. The van der Waals surface area contributed by atoms with Crippen LogP contribution in [0.1, 0.15) is 20.7 Å². The number of rotatable bonds is 4. The number of carbonyl (C=O) groups excluding carboxylic acids is 2. The molecule has 0 bridgehead atoms. The fraction of sp³-hybridized carbons (Fsp3) is 0. The Hall–Kier alpha value is -1.76. The fourth-order valence-corrected chi connectivity index (χ4v) is 2.69. The van der Waals surface area contributed by atoms with Crippen LogP contribution in [0.15, 0.2) is 41.5 Å². The van der Waals surface area contributed by atoms with Gasteiger partial charge >= 0.3 is 0 Å². The highest BCUT2D eigenvalue weighted by molar-refractivity contribution is 14.1. The Kier molecular flexibility index (Phi) is 5.51. The normalized spacial score (nSPS) is 11.3. The minimum Gasteiger partial charge on any atom is -0.594 e. The summed E-state index contributed by atoms with van der Waals surface area (Å²) in [5.74, 6) is -1.25. The van der Waals surface area contributed by atoms with Crippen LogP contribution in [0.25, 0.3) is 0 Å². The van der Waals surface area contributed by atoms with Gasteiger partial charge in [0.25, 0.3) is 5.69 Å². The second-order valence-corrected chi connectivity index (χ2v) is 6.76. The summed E-state index contributed by atoms with van der Waals surface area (Å²) in [6.07, 6.45) is 0. The number of hydrogen-bond donors (Lipinski definition) is 2. The van der Waals surface area contributed by atoms with Gasteiger partial charge in [-0.15, -0.1) is 0 Å². The summed E-state index contributed by atoms with van der Waals surface area (Å²) in [5, 5.41) is 16.3. The van der Waals surface area contributed by atoms with Crippen molar-refractivity contribution in [3.05, 3.63) is 59.9 Å². The van der Waals surface area contributed by atoms with E-state index >= 15 is 0 Å². The topological polar surface area (TPSA) is 125 Å². The molecule has 0 fully saturated rings. The number of halogens is 2. The molecule has 2 aromatic rings. The lowest BCUT2D eigenvalue weighted by Gasteiger charge is -2.05. The number of amides is 2. The molecular formula is C14H10I2N4O3. The van der Waals surface area contributed by atoms with Gasteiger partial charge < -0.3 is 16.7 Å². The maximum atomic E-state index is 12.3. The molecule has 0 aliphatic rings. The van der Waals surface area contributed by atoms with Crippen LogP contribution in [-0.4, -0.2) is 16.7 Å². The van der Waals surface area contributed by atoms with Crippen LogP contribution >= 0.6 is 45.2 Å². The molecule has 2 rings (SSSR count). The zero-order valence-corrected chi connectivity index (χ0v) is 15.8. The van der Waals surface area contributed by atoms with Gasteiger partial charge in [-0.2, -0.15) is 0 Å². The van der Waals surface area contributed by atoms with Crippen LogP contribution in [0.2, 0.25) is 0 Å². The highest BCUT2D eigenvalue weighted by Gasteiger charge is 2.15. The molecule has 0 aliphatic carbocycles. The van der Waals surface area contributed by atoms with Crippen LogP contribution in [0.4, 0.5) is 11.4 Å². The maximum absolute atomic E-state index is 12.3. The number of primary amides is 2. The lowest BCUT2D eigenvalue weighted by Crippen LogP contribution is -2.11. The van der Waals surface area contributed by atoms with Crippen molar-refractivity contribution in [1.29, 1.82) is 0 Å². The summed E-state index contributed by atoms with van der Waals surface area (Å²) in [6, 6.07) is 9.11. The standard InChI is InChI=1S/C14H10I2N4O3/c15-9-3-1-7(13(17)21)5-11(9)19-20(23)12-6-8(14(18)22)2-4-10(12)16/h1-6H,(H2,17,21)(H2,18,22). The molecule has 2 aromatic carbocycles. The minimum absolute atomic E-state index is 0.183. The molecule has 118 valence electrons. The van der Waals surface area contributed by atoms with E-state index in [2.05, 4.69) is 5.11 Å². The molecule has 7 nitrogen and oxygen atoms in total. The van der Waals surface area contributed by atoms with Crippen molar-refractivity contribution >= 4 is 68.4 Å². The number of carbonyl (C=O) groups is 2. The van der Waals surface area contributed by atoms with Crippen LogP contribution in [0, 0.1) is 12.3 Å². The highest BCUT2D eigenvalue weighted by atomic mass is 127. The number of hydrogen-bond acceptors (Lipinski definition) is 4. The number of azo groups is 1. The largest absolute Gasteiger partial charge is 0.594 e. The summed E-state index contributed by atoms with van der Waals surface area (Å²) in [4.78, 5) is 22.8. The van der Waals surface area contributed by atoms with Gasteiger partial charge in [-0.1, -0.05) is 0 Å². The van der Waals surface area contributed by atoms with Crippen LogP contribution in [0.3, 0.4) is 0 Å². The molecule has 0 aromatic heterocycles. The lowest BCUT2D eigenvalue weighted by atomic mass is 10.2. The Morgan fingerprint density at radius 1 is 0.957 bits per heavy atom. The monoisotopic (exact) mass is 536 g/mol. The minimum atomic E-state index is -0.638. The molecule has 0 aliphatic heterocycles. The molecule has 2 amide bonds. The Balaban J connectivity index is 2.52. The molecule has 0 spiro atoms. The van der Waals surface area contributed by atoms with E-state index in [9.17, 15) is 14.8 Å². The molecule has 0 saturated carbocycles. The summed E-state index contributed by atoms with van der Waals surface area (Å²) in [7, 11) is 0. The van der Waals surface area contributed by atoms with Gasteiger partial charge in [-0.25, -0.2) is 0 Å². The molecular weight excluding hydrogens is 526 g/mol. The van der Waals surface area contributed by atoms with E-state index < -0.39 is 11.8 Å². The highest BCUT2D eigenvalue weighted by Crippen LogP contribution is 2.27. The van der Waals surface area contributed by atoms with Gasteiger partial charge in [0.2, 0.25) is 11.8 Å². The van der Waals surface area contributed by atoms with Gasteiger partial charge in [0.15, 0.2) is 0 Å². The average Bonchev–Trinajstić information content (AvgIpc) is 2.49. The average molecular weight is 536 g/mol. The first kappa shape index (κ1) is 17.6. The van der Waals surface area contributed by atoms with Gasteiger partial charge in [0.05, 0.1) is 3.57 Å². The quantitative estimate of drug-likeness (QED) is 0.270. The SMILES string of the molecule is NC(=O)c1ccc(I)c(N=[N+]([O-])c2cc(C(N)=O)ccc2I)c1. The Bertz CT molecular complexity index is 837. The first-order chi connectivity index (χ1) is 10.8. The summed E-state index contributed by atoms with van der Waals surface area (Å²) < 4.78 is 1.28. The third kappa shape index (κ3) is 4.16. The molecule has 0 saturated heterocycles. The van der Waals surface area contributed by atoms with Crippen LogP contribution < -0.4 is 11.5 Å². The lowest BCUT2D eigenvalue weighted by molar-refractivity contribution is -0.436. The second kappa shape index (κ2) is 7.21. The molecule has 0 radical (unpaired) electrons. The predicted octanol–water partition coefficient (Wildman–Crippen LogP) is 3.02. The molecule has 9 heteroatoms. The predicted molar refractivity (Wildman–Crippen MR) is 101 cm³/mol. The number of nitrogens with zero attached hydrogens (tertiary/aromatic N) is 2. The van der Waals surface area contributed by atoms with Crippen molar-refractivity contribution in [3.63, 3.8) is 0 Å². The maximum Gasteiger partial charge on any atom is 0.258 e. The Morgan fingerprint density at radius 3 is 2.04 bits per heavy atom. The van der Waals surface area contributed by atoms with E-state index in [1.807, 2.05) is 45.2 Å². The van der Waals surface area contributed by atoms with Gasteiger partial charge in [-0.05, 0) is 80.4 Å². The molecule has 23 heavy (non-hydrogen) atoms. The first-order valence-corrected chi connectivity index (χ1v) is 8.33. The zero-order valence-electron chi connectivity index (χ0n) is 11.5. The van der Waals surface area contributed by atoms with Gasteiger partial charge in [0.1, 0.15) is 5.69 Å². The summed E-state index contributed by atoms with van der Waals surface area (Å²) >= 11 is 3.95. The molecule has 0 unspecified atom stereocenters. The van der Waals surface area contributed by atoms with Crippen molar-refractivity contribution in [2.45, 2.75) is 0 Å². The molecule has 0 atom stereocenters. The van der Waals surface area contributed by atoms with Crippen molar-refractivity contribution in [2.24, 2.45) is 16.6 Å². The van der Waals surface area contributed by atoms with Gasteiger partial charge in [-0.3, -0.25) is 9.59 Å². The van der Waals surface area contributed by atoms with Gasteiger partial charge in [0, 0.05) is 25.9 Å². The van der Waals surface area contributed by atoms with Crippen molar-refractivity contribution in [3.8, 4) is 0 Å². The Labute approximate surface area is 158 Å². The number of nitrogens with two attached hydrogens (primary N) is 2. The van der Waals surface area contributed by atoms with E-state index in [1.54, 1.807) is 18.2 Å². The first-order valence-electron chi connectivity index (χ1n) is 6.17. The van der Waals surface area contributed by atoms with Crippen molar-refractivity contribution < 1.29 is 14.4 Å². The van der Waals surface area contributed by atoms with Crippen molar-refractivity contribution in [1.82, 2.24) is 0 Å².